The number of halogens is 3. The first kappa shape index (κ1) is 27.6. The highest BCUT2D eigenvalue weighted by Crippen LogP contribution is 2.50. The summed E-state index contributed by atoms with van der Waals surface area (Å²) in [6.45, 7) is 4.89. The van der Waals surface area contributed by atoms with Gasteiger partial charge in [0.05, 0.1) is 24.8 Å². The molecule has 12 heteroatoms. The summed E-state index contributed by atoms with van der Waals surface area (Å²) >= 11 is 6.82. The smallest absolute Gasteiger partial charge is 0.349 e. The molecule has 2 aromatic carbocycles. The number of hydrogen-bond donors (Lipinski definition) is 1. The van der Waals surface area contributed by atoms with Crippen LogP contribution in [0.15, 0.2) is 36.4 Å². The van der Waals surface area contributed by atoms with E-state index in [0.717, 1.165) is 49.3 Å². The molecule has 0 spiro atoms. The lowest BCUT2D eigenvalue weighted by atomic mass is 9.88. The van der Waals surface area contributed by atoms with Gasteiger partial charge in [-0.15, -0.1) is 11.3 Å². The number of aromatic carboxylic acids is 1. The summed E-state index contributed by atoms with van der Waals surface area (Å²) in [5, 5.41) is 9.70. The number of ether oxygens (including phenoxy) is 3. The zero-order chi connectivity index (χ0) is 29.2. The van der Waals surface area contributed by atoms with Gasteiger partial charge in [0.15, 0.2) is 22.2 Å². The van der Waals surface area contributed by atoms with Crippen molar-refractivity contribution in [2.45, 2.75) is 57.1 Å². The van der Waals surface area contributed by atoms with Gasteiger partial charge in [-0.05, 0) is 62.5 Å². The molecule has 0 bridgehead atoms. The molecule has 2 fully saturated rings. The van der Waals surface area contributed by atoms with Crippen LogP contribution in [0.3, 0.4) is 0 Å². The molecule has 8 nitrogen and oxygen atoms in total. The Labute approximate surface area is 249 Å². The Balaban J connectivity index is 1.08. The van der Waals surface area contributed by atoms with Crippen LogP contribution in [-0.2, 0) is 23.6 Å². The Kier molecular flexibility index (Phi) is 6.88. The second kappa shape index (κ2) is 10.5. The van der Waals surface area contributed by atoms with Gasteiger partial charge >= 0.3 is 5.97 Å². The highest BCUT2D eigenvalue weighted by molar-refractivity contribution is 7.20. The van der Waals surface area contributed by atoms with Crippen LogP contribution in [0, 0.1) is 11.6 Å². The first-order chi connectivity index (χ1) is 20.2. The van der Waals surface area contributed by atoms with E-state index in [2.05, 4.69) is 9.88 Å². The van der Waals surface area contributed by atoms with Crippen LogP contribution in [0.25, 0.3) is 10.3 Å². The number of nitrogens with zero attached hydrogens (tertiary/aromatic N) is 3. The second-order valence-electron chi connectivity index (χ2n) is 11.1. The SMILES string of the molecule is C[C@]1(c2ccc(Cl)cc2F)Oc2cccc(C3CCN(Cc4nc5sc(C(=O)O)c(F)c5n4C[C@@H]4CCO4)CC3)c2O1. The fraction of sp³-hybridized carbons (Fsp3) is 0.400. The number of para-hydroxylation sites is 1. The van der Waals surface area contributed by atoms with Crippen molar-refractivity contribution < 1.29 is 32.9 Å². The van der Waals surface area contributed by atoms with Gasteiger partial charge in [0.25, 0.3) is 5.79 Å². The van der Waals surface area contributed by atoms with Crippen molar-refractivity contribution in [1.29, 1.82) is 0 Å². The molecule has 220 valence electrons. The molecular weight excluding hydrogens is 588 g/mol. The van der Waals surface area contributed by atoms with E-state index in [1.54, 1.807) is 23.6 Å². The van der Waals surface area contributed by atoms with E-state index in [4.69, 9.17) is 25.8 Å². The van der Waals surface area contributed by atoms with Gasteiger partial charge in [-0.2, -0.15) is 0 Å². The number of likely N-dealkylation sites (tertiary alicyclic amines) is 1. The molecule has 0 saturated carbocycles. The summed E-state index contributed by atoms with van der Waals surface area (Å²) in [7, 11) is 0. The molecule has 5 heterocycles. The zero-order valence-corrected chi connectivity index (χ0v) is 24.3. The highest BCUT2D eigenvalue weighted by atomic mass is 35.5. The number of carboxylic acid groups (broad SMARTS) is 1. The molecule has 3 aliphatic heterocycles. The topological polar surface area (TPSA) is 86.1 Å². The van der Waals surface area contributed by atoms with E-state index in [-0.39, 0.29) is 28.0 Å². The number of hydrogen-bond acceptors (Lipinski definition) is 7. The average Bonchev–Trinajstić information content (AvgIpc) is 3.56. The van der Waals surface area contributed by atoms with Crippen molar-refractivity contribution in [3.05, 3.63) is 74.9 Å². The molecule has 4 aromatic rings. The van der Waals surface area contributed by atoms with Gasteiger partial charge in [0.1, 0.15) is 22.0 Å². The number of benzene rings is 2. The maximum Gasteiger partial charge on any atom is 0.349 e. The average molecular weight is 616 g/mol. The maximum atomic E-state index is 15.1. The molecule has 3 aliphatic rings. The van der Waals surface area contributed by atoms with E-state index in [9.17, 15) is 14.3 Å². The minimum atomic E-state index is -1.31. The zero-order valence-electron chi connectivity index (χ0n) is 22.7. The van der Waals surface area contributed by atoms with Crippen molar-refractivity contribution in [2.24, 2.45) is 0 Å². The Morgan fingerprint density at radius 2 is 1.98 bits per heavy atom. The van der Waals surface area contributed by atoms with Gasteiger partial charge in [-0.1, -0.05) is 23.7 Å². The Morgan fingerprint density at radius 3 is 2.67 bits per heavy atom. The number of aromatic nitrogens is 2. The lowest BCUT2D eigenvalue weighted by Gasteiger charge is -2.33. The van der Waals surface area contributed by atoms with Gasteiger partial charge in [-0.25, -0.2) is 18.6 Å². The Hall–Kier alpha value is -3.25. The van der Waals surface area contributed by atoms with Crippen LogP contribution in [0.4, 0.5) is 8.78 Å². The summed E-state index contributed by atoms with van der Waals surface area (Å²) in [6, 6.07) is 10.3. The van der Waals surface area contributed by atoms with Crippen LogP contribution in [0.1, 0.15) is 58.7 Å². The predicted molar refractivity (Wildman–Crippen MR) is 153 cm³/mol. The number of imidazole rings is 1. The van der Waals surface area contributed by atoms with Crippen molar-refractivity contribution in [3.63, 3.8) is 0 Å². The molecule has 7 rings (SSSR count). The predicted octanol–water partition coefficient (Wildman–Crippen LogP) is 6.54. The third-order valence-corrected chi connectivity index (χ3v) is 9.69. The molecule has 2 saturated heterocycles. The quantitative estimate of drug-likeness (QED) is 0.253. The van der Waals surface area contributed by atoms with Crippen LogP contribution in [-0.4, -0.2) is 51.3 Å². The van der Waals surface area contributed by atoms with Gasteiger partial charge < -0.3 is 23.9 Å². The number of piperidine rings is 1. The van der Waals surface area contributed by atoms with E-state index < -0.39 is 23.4 Å². The van der Waals surface area contributed by atoms with Crippen LogP contribution >= 0.6 is 22.9 Å². The van der Waals surface area contributed by atoms with E-state index >= 15 is 4.39 Å². The third-order valence-electron chi connectivity index (χ3n) is 8.42. The normalized spacial score (nSPS) is 22.5. The monoisotopic (exact) mass is 615 g/mol. The summed E-state index contributed by atoms with van der Waals surface area (Å²) in [6.07, 6.45) is 2.54. The van der Waals surface area contributed by atoms with Crippen molar-refractivity contribution >= 4 is 39.3 Å². The minimum absolute atomic E-state index is 0.0334. The molecule has 1 N–H and O–H groups in total. The van der Waals surface area contributed by atoms with Crippen molar-refractivity contribution in [2.75, 3.05) is 19.7 Å². The fourth-order valence-corrected chi connectivity index (χ4v) is 7.21. The highest BCUT2D eigenvalue weighted by Gasteiger charge is 2.43. The molecule has 0 amide bonds. The second-order valence-corrected chi connectivity index (χ2v) is 12.6. The number of thiophene rings is 1. The molecule has 0 radical (unpaired) electrons. The fourth-order valence-electron chi connectivity index (χ4n) is 6.13. The first-order valence-corrected chi connectivity index (χ1v) is 15.1. The maximum absolute atomic E-state index is 15.1. The van der Waals surface area contributed by atoms with Crippen LogP contribution in [0.2, 0.25) is 5.02 Å². The molecule has 2 atom stereocenters. The van der Waals surface area contributed by atoms with E-state index in [0.29, 0.717) is 46.9 Å². The minimum Gasteiger partial charge on any atom is -0.477 e. The summed E-state index contributed by atoms with van der Waals surface area (Å²) in [5.41, 5.74) is 1.55. The number of carbonyl (C=O) groups is 1. The molecule has 0 unspecified atom stereocenters. The lowest BCUT2D eigenvalue weighted by molar-refractivity contribution is -0.0712. The largest absolute Gasteiger partial charge is 0.477 e. The van der Waals surface area contributed by atoms with E-state index in [1.807, 2.05) is 18.2 Å². The van der Waals surface area contributed by atoms with Crippen molar-refractivity contribution in [1.82, 2.24) is 14.5 Å². The third kappa shape index (κ3) is 4.72. The lowest BCUT2D eigenvalue weighted by Crippen LogP contribution is -2.35. The van der Waals surface area contributed by atoms with Gasteiger partial charge in [0.2, 0.25) is 0 Å². The summed E-state index contributed by atoms with van der Waals surface area (Å²) in [5.74, 6) is -1.69. The van der Waals surface area contributed by atoms with E-state index in [1.165, 1.54) is 6.07 Å². The number of carboxylic acids is 1. The Morgan fingerprint density at radius 1 is 1.19 bits per heavy atom. The van der Waals surface area contributed by atoms with Crippen molar-refractivity contribution in [3.8, 4) is 11.5 Å². The molecule has 42 heavy (non-hydrogen) atoms. The van der Waals surface area contributed by atoms with Gasteiger partial charge in [0, 0.05) is 24.1 Å². The Bertz CT molecular complexity index is 1700. The molecule has 0 aliphatic carbocycles. The number of fused-ring (bicyclic) bond motifs is 2. The summed E-state index contributed by atoms with van der Waals surface area (Å²) in [4.78, 5) is 18.5. The first-order valence-electron chi connectivity index (χ1n) is 13.9. The van der Waals surface area contributed by atoms with Gasteiger partial charge in [-0.3, -0.25) is 4.90 Å². The standard InChI is InChI=1S/C30H28ClF2N3O5S/c1-30(20-6-5-17(31)13-21(20)32)40-22-4-2-3-19(26(22)41-30)16-7-10-35(11-8-16)15-23-34-28-25(24(33)27(42-28)29(37)38)36(23)14-18-9-12-39-18/h2-6,13,16,18H,7-12,14-15H2,1H3,(H,37,38)/t18-,30-/m0/s1. The number of rotatable bonds is 7. The van der Waals surface area contributed by atoms with Crippen LogP contribution in [0.5, 0.6) is 11.5 Å². The molecule has 2 aromatic heterocycles. The molecular formula is C30H28ClF2N3O5S. The van der Waals surface area contributed by atoms with Crippen LogP contribution < -0.4 is 9.47 Å². The summed E-state index contributed by atoms with van der Waals surface area (Å²) < 4.78 is 49.8.